The van der Waals surface area contributed by atoms with Crippen LogP contribution in [0.15, 0.2) is 47.1 Å². The molecule has 0 saturated carbocycles. The summed E-state index contributed by atoms with van der Waals surface area (Å²) in [6, 6.07) is 10.8. The molecule has 3 heterocycles. The fraction of sp³-hybridized carbons (Fsp3) is 0.286. The quantitative estimate of drug-likeness (QED) is 0.667. The summed E-state index contributed by atoms with van der Waals surface area (Å²) in [6.07, 6.45) is 2.91. The molecule has 1 aliphatic heterocycles. The zero-order valence-corrected chi connectivity index (χ0v) is 17.4. The van der Waals surface area contributed by atoms with Gasteiger partial charge in [-0.1, -0.05) is 23.7 Å². The summed E-state index contributed by atoms with van der Waals surface area (Å²) in [6.45, 7) is 3.00. The Kier molecular flexibility index (Phi) is 5.69. The molecule has 2 aromatic heterocycles. The van der Waals surface area contributed by atoms with E-state index >= 15 is 0 Å². The van der Waals surface area contributed by atoms with Gasteiger partial charge in [0.2, 0.25) is 0 Å². The SMILES string of the molecule is Cc1nc(-c2cccc(Cl)c2)sc1C(=O)NC1CCN(C(=O)c2ccco2)CC1. The van der Waals surface area contributed by atoms with Gasteiger partial charge in [-0.25, -0.2) is 4.98 Å². The van der Waals surface area contributed by atoms with Crippen LogP contribution in [0.2, 0.25) is 5.02 Å². The van der Waals surface area contributed by atoms with Gasteiger partial charge in [0, 0.05) is 29.7 Å². The summed E-state index contributed by atoms with van der Waals surface area (Å²) in [5, 5.41) is 4.50. The molecular formula is C21H20ClN3O3S. The Hall–Kier alpha value is -2.64. The van der Waals surface area contributed by atoms with Crippen LogP contribution >= 0.6 is 22.9 Å². The van der Waals surface area contributed by atoms with E-state index in [-0.39, 0.29) is 17.9 Å². The van der Waals surface area contributed by atoms with Gasteiger partial charge >= 0.3 is 0 Å². The lowest BCUT2D eigenvalue weighted by Gasteiger charge is -2.31. The number of furan rings is 1. The molecule has 1 N–H and O–H groups in total. The number of benzene rings is 1. The Morgan fingerprint density at radius 3 is 2.72 bits per heavy atom. The van der Waals surface area contributed by atoms with E-state index in [1.807, 2.05) is 31.2 Å². The number of piperidine rings is 1. The smallest absolute Gasteiger partial charge is 0.289 e. The highest BCUT2D eigenvalue weighted by atomic mass is 35.5. The third kappa shape index (κ3) is 4.36. The Morgan fingerprint density at radius 1 is 1.24 bits per heavy atom. The fourth-order valence-corrected chi connectivity index (χ4v) is 4.54. The molecule has 0 atom stereocenters. The molecule has 1 fully saturated rings. The third-order valence-corrected chi connectivity index (χ3v) is 6.36. The molecule has 8 heteroatoms. The van der Waals surface area contributed by atoms with Crippen molar-refractivity contribution >= 4 is 34.8 Å². The minimum absolute atomic E-state index is 0.0271. The van der Waals surface area contributed by atoms with Gasteiger partial charge in [-0.05, 0) is 44.0 Å². The molecule has 1 aromatic carbocycles. The minimum Gasteiger partial charge on any atom is -0.459 e. The first-order valence-corrected chi connectivity index (χ1v) is 10.6. The van der Waals surface area contributed by atoms with Crippen LogP contribution in [0.3, 0.4) is 0 Å². The van der Waals surface area contributed by atoms with Gasteiger partial charge in [-0.3, -0.25) is 9.59 Å². The van der Waals surface area contributed by atoms with E-state index in [0.717, 1.165) is 10.6 Å². The van der Waals surface area contributed by atoms with E-state index in [9.17, 15) is 9.59 Å². The molecule has 0 spiro atoms. The molecule has 150 valence electrons. The van der Waals surface area contributed by atoms with Crippen molar-refractivity contribution in [3.63, 3.8) is 0 Å². The second-order valence-electron chi connectivity index (χ2n) is 6.96. The zero-order chi connectivity index (χ0) is 20.4. The summed E-state index contributed by atoms with van der Waals surface area (Å²) in [7, 11) is 0. The monoisotopic (exact) mass is 429 g/mol. The van der Waals surface area contributed by atoms with Crippen LogP contribution in [0, 0.1) is 6.92 Å². The number of rotatable bonds is 4. The molecule has 29 heavy (non-hydrogen) atoms. The highest BCUT2D eigenvalue weighted by Gasteiger charge is 2.27. The number of carbonyl (C=O) groups is 2. The van der Waals surface area contributed by atoms with Gasteiger partial charge < -0.3 is 14.6 Å². The number of aryl methyl sites for hydroxylation is 1. The lowest BCUT2D eigenvalue weighted by molar-refractivity contribution is 0.0667. The molecule has 0 unspecified atom stereocenters. The Morgan fingerprint density at radius 2 is 2.03 bits per heavy atom. The van der Waals surface area contributed by atoms with Crippen molar-refractivity contribution in [2.45, 2.75) is 25.8 Å². The highest BCUT2D eigenvalue weighted by molar-refractivity contribution is 7.17. The van der Waals surface area contributed by atoms with Gasteiger partial charge in [0.15, 0.2) is 5.76 Å². The lowest BCUT2D eigenvalue weighted by atomic mass is 10.0. The standard InChI is InChI=1S/C21H20ClN3O3S/c1-13-18(29-20(23-13)14-4-2-5-15(22)12-14)19(26)24-16-7-9-25(10-8-16)21(27)17-6-3-11-28-17/h2-6,11-12,16H,7-10H2,1H3,(H,24,26). The predicted molar refractivity (Wildman–Crippen MR) is 112 cm³/mol. The molecule has 2 amide bonds. The summed E-state index contributed by atoms with van der Waals surface area (Å²) >= 11 is 7.43. The first kappa shape index (κ1) is 19.7. The number of hydrogen-bond acceptors (Lipinski definition) is 5. The van der Waals surface area contributed by atoms with Crippen molar-refractivity contribution in [3.05, 3.63) is 64.0 Å². The number of thiazole rings is 1. The normalized spacial score (nSPS) is 14.8. The molecule has 1 aliphatic rings. The van der Waals surface area contributed by atoms with E-state index in [2.05, 4.69) is 10.3 Å². The number of hydrogen-bond donors (Lipinski definition) is 1. The van der Waals surface area contributed by atoms with Crippen molar-refractivity contribution in [1.82, 2.24) is 15.2 Å². The second kappa shape index (κ2) is 8.39. The Labute approximate surface area is 177 Å². The minimum atomic E-state index is -0.121. The van der Waals surface area contributed by atoms with Crippen molar-refractivity contribution in [3.8, 4) is 10.6 Å². The highest BCUT2D eigenvalue weighted by Crippen LogP contribution is 2.29. The molecule has 6 nitrogen and oxygen atoms in total. The number of nitrogens with zero attached hydrogens (tertiary/aromatic N) is 2. The van der Waals surface area contributed by atoms with Crippen LogP contribution in [0.5, 0.6) is 0 Å². The van der Waals surface area contributed by atoms with Gasteiger partial charge in [0.25, 0.3) is 11.8 Å². The average molecular weight is 430 g/mol. The van der Waals surface area contributed by atoms with E-state index < -0.39 is 0 Å². The number of likely N-dealkylation sites (tertiary alicyclic amines) is 1. The number of carbonyl (C=O) groups excluding carboxylic acids is 2. The molecule has 1 saturated heterocycles. The summed E-state index contributed by atoms with van der Waals surface area (Å²) in [5.41, 5.74) is 1.60. The topological polar surface area (TPSA) is 75.4 Å². The van der Waals surface area contributed by atoms with E-state index in [0.29, 0.717) is 47.3 Å². The Bertz CT molecular complexity index is 1020. The van der Waals surface area contributed by atoms with E-state index in [4.69, 9.17) is 16.0 Å². The first-order chi connectivity index (χ1) is 14.0. The maximum atomic E-state index is 12.8. The van der Waals surface area contributed by atoms with Crippen LogP contribution in [0.1, 0.15) is 38.8 Å². The Balaban J connectivity index is 1.37. The van der Waals surface area contributed by atoms with Crippen molar-refractivity contribution in [2.24, 2.45) is 0 Å². The van der Waals surface area contributed by atoms with Crippen molar-refractivity contribution < 1.29 is 14.0 Å². The van der Waals surface area contributed by atoms with Crippen molar-refractivity contribution in [1.29, 1.82) is 0 Å². The maximum absolute atomic E-state index is 12.8. The van der Waals surface area contributed by atoms with Gasteiger partial charge in [0.05, 0.1) is 12.0 Å². The van der Waals surface area contributed by atoms with Gasteiger partial charge in [0.1, 0.15) is 9.88 Å². The number of halogens is 1. The summed E-state index contributed by atoms with van der Waals surface area (Å²) in [4.78, 5) is 32.0. The van der Waals surface area contributed by atoms with E-state index in [1.165, 1.54) is 17.6 Å². The van der Waals surface area contributed by atoms with Gasteiger partial charge in [-0.2, -0.15) is 0 Å². The number of nitrogens with one attached hydrogen (secondary N) is 1. The number of amides is 2. The van der Waals surface area contributed by atoms with Crippen LogP contribution in [-0.2, 0) is 0 Å². The maximum Gasteiger partial charge on any atom is 0.289 e. The summed E-state index contributed by atoms with van der Waals surface area (Å²) < 4.78 is 5.18. The van der Waals surface area contributed by atoms with Crippen LogP contribution in [0.25, 0.3) is 10.6 Å². The van der Waals surface area contributed by atoms with Crippen LogP contribution in [-0.4, -0.2) is 40.8 Å². The summed E-state index contributed by atoms with van der Waals surface area (Å²) in [5.74, 6) is 0.120. The fourth-order valence-electron chi connectivity index (χ4n) is 3.39. The average Bonchev–Trinajstić information content (AvgIpc) is 3.38. The van der Waals surface area contributed by atoms with Crippen LogP contribution < -0.4 is 5.32 Å². The number of aromatic nitrogens is 1. The molecular weight excluding hydrogens is 410 g/mol. The first-order valence-electron chi connectivity index (χ1n) is 9.38. The molecule has 0 aliphatic carbocycles. The molecule has 3 aromatic rings. The second-order valence-corrected chi connectivity index (χ2v) is 8.40. The van der Waals surface area contributed by atoms with E-state index in [1.54, 1.807) is 17.0 Å². The largest absolute Gasteiger partial charge is 0.459 e. The predicted octanol–water partition coefficient (Wildman–Crippen LogP) is 4.40. The zero-order valence-electron chi connectivity index (χ0n) is 15.9. The van der Waals surface area contributed by atoms with Gasteiger partial charge in [-0.15, -0.1) is 11.3 Å². The molecule has 4 rings (SSSR count). The molecule has 0 bridgehead atoms. The molecule has 0 radical (unpaired) electrons. The third-order valence-electron chi connectivity index (χ3n) is 4.92. The van der Waals surface area contributed by atoms with Crippen molar-refractivity contribution in [2.75, 3.05) is 13.1 Å². The lowest BCUT2D eigenvalue weighted by Crippen LogP contribution is -2.46. The van der Waals surface area contributed by atoms with Crippen LogP contribution in [0.4, 0.5) is 0 Å².